The van der Waals surface area contributed by atoms with E-state index >= 15 is 0 Å². The van der Waals surface area contributed by atoms with Crippen LogP contribution >= 0.6 is 0 Å². The fraction of sp³-hybridized carbons (Fsp3) is 0.846. The quantitative estimate of drug-likeness (QED) is 0.722. The second kappa shape index (κ2) is 6.15. The fourth-order valence-corrected chi connectivity index (χ4v) is 2.15. The van der Waals surface area contributed by atoms with Gasteiger partial charge in [0.2, 0.25) is 0 Å². The minimum atomic E-state index is -0.526. The minimum Gasteiger partial charge on any atom is -0.390 e. The molecule has 1 fully saturated rings. The normalized spacial score (nSPS) is 30.7. The van der Waals surface area contributed by atoms with Crippen molar-refractivity contribution in [2.45, 2.75) is 64.1 Å². The molecule has 0 bridgehead atoms. The molecule has 1 saturated heterocycles. The molecule has 2 unspecified atom stereocenters. The number of hydrogen-bond acceptors (Lipinski definition) is 2. The van der Waals surface area contributed by atoms with Gasteiger partial charge in [-0.2, -0.15) is 0 Å². The maximum absolute atomic E-state index is 10.3. The highest BCUT2D eigenvalue weighted by molar-refractivity contribution is 4.98. The zero-order valence-electron chi connectivity index (χ0n) is 9.88. The van der Waals surface area contributed by atoms with E-state index < -0.39 is 5.60 Å². The van der Waals surface area contributed by atoms with Gasteiger partial charge in [0.15, 0.2) is 0 Å². The Balaban J connectivity index is 2.40. The highest BCUT2D eigenvalue weighted by atomic mass is 16.5. The third-order valence-corrected chi connectivity index (χ3v) is 3.03. The van der Waals surface area contributed by atoms with Crippen molar-refractivity contribution in [2.75, 3.05) is 6.61 Å². The first-order chi connectivity index (χ1) is 7.20. The van der Waals surface area contributed by atoms with Gasteiger partial charge in [-0.05, 0) is 26.2 Å². The summed E-state index contributed by atoms with van der Waals surface area (Å²) < 4.78 is 5.62. The topological polar surface area (TPSA) is 29.5 Å². The van der Waals surface area contributed by atoms with Gasteiger partial charge in [-0.25, -0.2) is 0 Å². The SMILES string of the molecule is CC#CCCC1(O)CCOC(CCC)C1. The summed E-state index contributed by atoms with van der Waals surface area (Å²) in [5.41, 5.74) is -0.526. The average molecular weight is 210 g/mol. The Morgan fingerprint density at radius 2 is 2.33 bits per heavy atom. The second-order valence-electron chi connectivity index (χ2n) is 4.39. The Hall–Kier alpha value is -0.520. The Morgan fingerprint density at radius 3 is 3.00 bits per heavy atom. The van der Waals surface area contributed by atoms with Crippen LogP contribution in [-0.4, -0.2) is 23.4 Å². The molecule has 1 heterocycles. The van der Waals surface area contributed by atoms with Crippen LogP contribution in [0.5, 0.6) is 0 Å². The zero-order chi connectivity index (χ0) is 11.1. The maximum Gasteiger partial charge on any atom is 0.0703 e. The van der Waals surface area contributed by atoms with Crippen molar-refractivity contribution in [3.8, 4) is 11.8 Å². The van der Waals surface area contributed by atoms with Gasteiger partial charge in [-0.15, -0.1) is 11.8 Å². The summed E-state index contributed by atoms with van der Waals surface area (Å²) in [5.74, 6) is 5.89. The minimum absolute atomic E-state index is 0.253. The van der Waals surface area contributed by atoms with Crippen LogP contribution in [0.3, 0.4) is 0 Å². The monoisotopic (exact) mass is 210 g/mol. The van der Waals surface area contributed by atoms with E-state index in [9.17, 15) is 5.11 Å². The predicted octanol–water partition coefficient (Wildman–Crippen LogP) is 2.50. The van der Waals surface area contributed by atoms with Crippen LogP contribution in [0, 0.1) is 11.8 Å². The molecule has 0 spiro atoms. The molecule has 1 N–H and O–H groups in total. The van der Waals surface area contributed by atoms with Crippen molar-refractivity contribution in [2.24, 2.45) is 0 Å². The van der Waals surface area contributed by atoms with Crippen molar-refractivity contribution in [1.82, 2.24) is 0 Å². The molecule has 0 aliphatic carbocycles. The maximum atomic E-state index is 10.3. The Morgan fingerprint density at radius 1 is 1.53 bits per heavy atom. The summed E-state index contributed by atoms with van der Waals surface area (Å²) in [6, 6.07) is 0. The molecular formula is C13H22O2. The number of hydrogen-bond donors (Lipinski definition) is 1. The molecule has 2 atom stereocenters. The highest BCUT2D eigenvalue weighted by Crippen LogP contribution is 2.30. The van der Waals surface area contributed by atoms with Crippen LogP contribution in [0.4, 0.5) is 0 Å². The molecule has 0 radical (unpaired) electrons. The van der Waals surface area contributed by atoms with Gasteiger partial charge >= 0.3 is 0 Å². The molecule has 0 amide bonds. The first-order valence-corrected chi connectivity index (χ1v) is 5.94. The van der Waals surface area contributed by atoms with E-state index in [2.05, 4.69) is 18.8 Å². The van der Waals surface area contributed by atoms with Gasteiger partial charge in [0.25, 0.3) is 0 Å². The van der Waals surface area contributed by atoms with Crippen molar-refractivity contribution >= 4 is 0 Å². The number of aliphatic hydroxyl groups is 1. The molecule has 0 aromatic rings. The molecule has 0 aromatic carbocycles. The number of ether oxygens (including phenoxy) is 1. The zero-order valence-corrected chi connectivity index (χ0v) is 9.88. The molecule has 2 heteroatoms. The highest BCUT2D eigenvalue weighted by Gasteiger charge is 2.33. The van der Waals surface area contributed by atoms with E-state index in [1.807, 2.05) is 6.92 Å². The summed E-state index contributed by atoms with van der Waals surface area (Å²) in [5, 5.41) is 10.3. The van der Waals surface area contributed by atoms with Crippen molar-refractivity contribution in [3.05, 3.63) is 0 Å². The number of rotatable bonds is 4. The molecule has 86 valence electrons. The van der Waals surface area contributed by atoms with Crippen LogP contribution in [0.2, 0.25) is 0 Å². The lowest BCUT2D eigenvalue weighted by Crippen LogP contribution is -2.40. The summed E-state index contributed by atoms with van der Waals surface area (Å²) in [4.78, 5) is 0. The molecule has 0 aromatic heterocycles. The standard InChI is InChI=1S/C13H22O2/c1-3-5-6-8-13(14)9-10-15-12(11-13)7-4-2/h12,14H,4,6-11H2,1-2H3. The molecule has 1 rings (SSSR count). The van der Waals surface area contributed by atoms with Crippen LogP contribution in [0.1, 0.15) is 52.4 Å². The summed E-state index contributed by atoms with van der Waals surface area (Å²) in [7, 11) is 0. The van der Waals surface area contributed by atoms with Crippen LogP contribution in [0.15, 0.2) is 0 Å². The van der Waals surface area contributed by atoms with E-state index in [0.29, 0.717) is 6.61 Å². The smallest absolute Gasteiger partial charge is 0.0703 e. The van der Waals surface area contributed by atoms with Gasteiger partial charge in [-0.1, -0.05) is 13.3 Å². The van der Waals surface area contributed by atoms with E-state index in [4.69, 9.17) is 4.74 Å². The van der Waals surface area contributed by atoms with Crippen LogP contribution in [0.25, 0.3) is 0 Å². The lowest BCUT2D eigenvalue weighted by atomic mass is 9.85. The van der Waals surface area contributed by atoms with Gasteiger partial charge in [0.1, 0.15) is 0 Å². The van der Waals surface area contributed by atoms with E-state index in [1.54, 1.807) is 0 Å². The van der Waals surface area contributed by atoms with Gasteiger partial charge in [0, 0.05) is 19.4 Å². The Labute approximate surface area is 93.0 Å². The summed E-state index contributed by atoms with van der Waals surface area (Å²) in [6.07, 6.45) is 5.56. The van der Waals surface area contributed by atoms with Crippen LogP contribution < -0.4 is 0 Å². The van der Waals surface area contributed by atoms with Crippen molar-refractivity contribution in [1.29, 1.82) is 0 Å². The van der Waals surface area contributed by atoms with Crippen LogP contribution in [-0.2, 0) is 4.74 Å². The molecular weight excluding hydrogens is 188 g/mol. The van der Waals surface area contributed by atoms with E-state index in [1.165, 1.54) is 0 Å². The third kappa shape index (κ3) is 4.24. The van der Waals surface area contributed by atoms with Gasteiger partial charge < -0.3 is 9.84 Å². The average Bonchev–Trinajstić information content (AvgIpc) is 2.18. The molecule has 0 saturated carbocycles. The van der Waals surface area contributed by atoms with Crippen molar-refractivity contribution in [3.63, 3.8) is 0 Å². The molecule has 1 aliphatic rings. The first-order valence-electron chi connectivity index (χ1n) is 5.94. The predicted molar refractivity (Wildman–Crippen MR) is 61.5 cm³/mol. The van der Waals surface area contributed by atoms with E-state index in [-0.39, 0.29) is 6.10 Å². The van der Waals surface area contributed by atoms with E-state index in [0.717, 1.165) is 38.5 Å². The molecule has 15 heavy (non-hydrogen) atoms. The summed E-state index contributed by atoms with van der Waals surface area (Å²) >= 11 is 0. The van der Waals surface area contributed by atoms with Gasteiger partial charge in [0.05, 0.1) is 11.7 Å². The lowest BCUT2D eigenvalue weighted by molar-refractivity contribution is -0.108. The summed E-state index contributed by atoms with van der Waals surface area (Å²) in [6.45, 7) is 4.69. The Bertz CT molecular complexity index is 237. The van der Waals surface area contributed by atoms with Gasteiger partial charge in [-0.3, -0.25) is 0 Å². The second-order valence-corrected chi connectivity index (χ2v) is 4.39. The van der Waals surface area contributed by atoms with Crippen molar-refractivity contribution < 1.29 is 9.84 Å². The molecule has 1 aliphatic heterocycles. The third-order valence-electron chi connectivity index (χ3n) is 3.03. The Kier molecular flexibility index (Phi) is 5.14. The lowest BCUT2D eigenvalue weighted by Gasteiger charge is -2.36. The molecule has 2 nitrogen and oxygen atoms in total. The first kappa shape index (κ1) is 12.5. The fourth-order valence-electron chi connectivity index (χ4n) is 2.15. The largest absolute Gasteiger partial charge is 0.390 e.